The van der Waals surface area contributed by atoms with Gasteiger partial charge >= 0.3 is 6.18 Å². The van der Waals surface area contributed by atoms with Crippen LogP contribution in [0.4, 0.5) is 13.2 Å². The van der Waals surface area contributed by atoms with Crippen molar-refractivity contribution in [2.45, 2.75) is 18.8 Å². The Kier molecular flexibility index (Phi) is 6.56. The Balaban J connectivity index is 1.44. The van der Waals surface area contributed by atoms with E-state index in [1.54, 1.807) is 0 Å². The van der Waals surface area contributed by atoms with Crippen LogP contribution < -0.4 is 10.9 Å². The van der Waals surface area contributed by atoms with Crippen molar-refractivity contribution in [3.63, 3.8) is 0 Å². The van der Waals surface area contributed by atoms with E-state index >= 15 is 0 Å². The minimum atomic E-state index is -4.88. The van der Waals surface area contributed by atoms with Gasteiger partial charge in [0, 0.05) is 32.2 Å². The highest BCUT2D eigenvalue weighted by molar-refractivity contribution is 5.95. The van der Waals surface area contributed by atoms with Gasteiger partial charge in [-0.2, -0.15) is 23.4 Å². The van der Waals surface area contributed by atoms with Gasteiger partial charge in [0.25, 0.3) is 11.5 Å². The van der Waals surface area contributed by atoms with E-state index in [-0.39, 0.29) is 18.5 Å². The third-order valence-electron chi connectivity index (χ3n) is 5.13. The van der Waals surface area contributed by atoms with Gasteiger partial charge in [-0.05, 0) is 11.6 Å². The Morgan fingerprint density at radius 1 is 1.21 bits per heavy atom. The van der Waals surface area contributed by atoms with E-state index in [1.165, 1.54) is 0 Å². The fourth-order valence-electron chi connectivity index (χ4n) is 3.61. The van der Waals surface area contributed by atoms with Crippen molar-refractivity contribution >= 4 is 5.91 Å². The minimum Gasteiger partial charge on any atom is -0.374 e. The normalized spacial score (nSPS) is 17.1. The number of nitrogens with one attached hydrogen (secondary N) is 2. The first kappa shape index (κ1) is 22.7. The summed E-state index contributed by atoms with van der Waals surface area (Å²) in [6, 6.07) is 12.0. The molecule has 1 atom stereocenters. The number of morpholine rings is 1. The van der Waals surface area contributed by atoms with Crippen LogP contribution in [0.1, 0.15) is 21.6 Å². The van der Waals surface area contributed by atoms with E-state index in [0.29, 0.717) is 24.4 Å². The molecule has 1 fully saturated rings. The van der Waals surface area contributed by atoms with Crippen LogP contribution in [0.2, 0.25) is 0 Å². The first-order chi connectivity index (χ1) is 15.8. The van der Waals surface area contributed by atoms with Gasteiger partial charge in [0.1, 0.15) is 0 Å². The number of hydrogen-bond donors (Lipinski definition) is 2. The summed E-state index contributed by atoms with van der Waals surface area (Å²) in [5.41, 5.74) is -1.37. The van der Waals surface area contributed by atoms with Gasteiger partial charge in [-0.3, -0.25) is 14.5 Å². The Morgan fingerprint density at radius 2 is 2.00 bits per heavy atom. The van der Waals surface area contributed by atoms with Crippen molar-refractivity contribution in [2.75, 3.05) is 26.2 Å². The van der Waals surface area contributed by atoms with Gasteiger partial charge in [-0.25, -0.2) is 9.78 Å². The molecule has 3 aromatic rings. The molecule has 4 rings (SSSR count). The Hall–Kier alpha value is -3.51. The van der Waals surface area contributed by atoms with Crippen molar-refractivity contribution in [3.05, 3.63) is 75.8 Å². The molecule has 9 nitrogen and oxygen atoms in total. The molecule has 12 heteroatoms. The lowest BCUT2D eigenvalue weighted by Gasteiger charge is -2.33. The second-order valence-corrected chi connectivity index (χ2v) is 7.52. The molecule has 2 aromatic heterocycles. The second-order valence-electron chi connectivity index (χ2n) is 7.52. The minimum absolute atomic E-state index is 0.0451. The number of halogens is 3. The first-order valence-electron chi connectivity index (χ1n) is 10.2. The Bertz CT molecular complexity index is 1140. The number of aromatic nitrogens is 4. The lowest BCUT2D eigenvalue weighted by molar-refractivity contribution is -0.143. The maximum absolute atomic E-state index is 13.7. The maximum Gasteiger partial charge on any atom is 0.434 e. The Morgan fingerprint density at radius 3 is 2.70 bits per heavy atom. The first-order valence-corrected chi connectivity index (χ1v) is 10.2. The highest BCUT2D eigenvalue weighted by atomic mass is 19.4. The second kappa shape index (κ2) is 9.55. The molecule has 0 spiro atoms. The van der Waals surface area contributed by atoms with Crippen LogP contribution >= 0.6 is 0 Å². The lowest BCUT2D eigenvalue weighted by Crippen LogP contribution is -2.47. The van der Waals surface area contributed by atoms with Crippen molar-refractivity contribution < 1.29 is 22.7 Å². The largest absolute Gasteiger partial charge is 0.434 e. The Labute approximate surface area is 186 Å². The topological polar surface area (TPSA) is 105 Å². The molecule has 0 saturated carbocycles. The van der Waals surface area contributed by atoms with Crippen LogP contribution in [0.15, 0.2) is 53.5 Å². The number of benzene rings is 1. The summed E-state index contributed by atoms with van der Waals surface area (Å²) < 4.78 is 47.4. The number of carbonyl (C=O) groups is 1. The van der Waals surface area contributed by atoms with Gasteiger partial charge in [-0.15, -0.1) is 0 Å². The van der Waals surface area contributed by atoms with E-state index in [9.17, 15) is 22.8 Å². The van der Waals surface area contributed by atoms with Crippen molar-refractivity contribution in [1.29, 1.82) is 0 Å². The van der Waals surface area contributed by atoms with Crippen LogP contribution in [-0.2, 0) is 17.5 Å². The fraction of sp³-hybridized carbons (Fsp3) is 0.333. The highest BCUT2D eigenvalue weighted by Gasteiger charge is 2.41. The molecule has 1 saturated heterocycles. The molecule has 1 aliphatic heterocycles. The SMILES string of the molecule is O=C(NC[C@H]1CN(Cc2ccccc2)CCO1)c1cnn(-c2ccc(=O)[nH]n2)c1C(F)(F)F. The average molecular weight is 462 g/mol. The van der Waals surface area contributed by atoms with E-state index in [2.05, 4.69) is 20.4 Å². The molecule has 0 bridgehead atoms. The van der Waals surface area contributed by atoms with Gasteiger partial charge in [-0.1, -0.05) is 30.3 Å². The molecule has 1 amide bonds. The van der Waals surface area contributed by atoms with Crippen LogP contribution in [0.5, 0.6) is 0 Å². The fourth-order valence-corrected chi connectivity index (χ4v) is 3.61. The van der Waals surface area contributed by atoms with E-state index < -0.39 is 28.9 Å². The van der Waals surface area contributed by atoms with Crippen LogP contribution in [-0.4, -0.2) is 63.1 Å². The number of rotatable bonds is 6. The molecule has 0 radical (unpaired) electrons. The van der Waals surface area contributed by atoms with Crippen LogP contribution in [0.3, 0.4) is 0 Å². The maximum atomic E-state index is 13.7. The number of nitrogens with zero attached hydrogens (tertiary/aromatic N) is 4. The van der Waals surface area contributed by atoms with Crippen LogP contribution in [0.25, 0.3) is 5.82 Å². The lowest BCUT2D eigenvalue weighted by atomic mass is 10.2. The summed E-state index contributed by atoms with van der Waals surface area (Å²) >= 11 is 0. The monoisotopic (exact) mass is 462 g/mol. The summed E-state index contributed by atoms with van der Waals surface area (Å²) in [7, 11) is 0. The average Bonchev–Trinajstić information content (AvgIpc) is 3.25. The molecular weight excluding hydrogens is 441 g/mol. The molecule has 33 heavy (non-hydrogen) atoms. The predicted molar refractivity (Wildman–Crippen MR) is 111 cm³/mol. The van der Waals surface area contributed by atoms with Crippen molar-refractivity contribution in [1.82, 2.24) is 30.2 Å². The van der Waals surface area contributed by atoms with E-state index in [4.69, 9.17) is 4.74 Å². The van der Waals surface area contributed by atoms with E-state index in [0.717, 1.165) is 30.4 Å². The summed E-state index contributed by atoms with van der Waals surface area (Å²) in [4.78, 5) is 25.9. The number of alkyl halides is 3. The number of carbonyl (C=O) groups excluding carboxylic acids is 1. The summed E-state index contributed by atoms with van der Waals surface area (Å²) in [6.07, 6.45) is -4.42. The van der Waals surface area contributed by atoms with Gasteiger partial charge in [0.2, 0.25) is 0 Å². The molecule has 1 aliphatic rings. The summed E-state index contributed by atoms with van der Waals surface area (Å²) in [5, 5.41) is 11.8. The quantitative estimate of drug-likeness (QED) is 0.577. The van der Waals surface area contributed by atoms with Gasteiger partial charge in [0.15, 0.2) is 11.5 Å². The van der Waals surface area contributed by atoms with Gasteiger partial charge < -0.3 is 10.1 Å². The third kappa shape index (κ3) is 5.46. The van der Waals surface area contributed by atoms with E-state index in [1.807, 2.05) is 35.4 Å². The molecule has 3 heterocycles. The number of ether oxygens (including phenoxy) is 1. The summed E-state index contributed by atoms with van der Waals surface area (Å²) in [6.45, 7) is 2.46. The molecule has 0 aliphatic carbocycles. The predicted octanol–water partition coefficient (Wildman–Crippen LogP) is 1.61. The zero-order chi connectivity index (χ0) is 23.4. The van der Waals surface area contributed by atoms with Gasteiger partial charge in [0.05, 0.1) is 24.5 Å². The summed E-state index contributed by atoms with van der Waals surface area (Å²) in [5.74, 6) is -1.20. The molecule has 0 unspecified atom stereocenters. The van der Waals surface area contributed by atoms with Crippen molar-refractivity contribution in [3.8, 4) is 5.82 Å². The van der Waals surface area contributed by atoms with Crippen LogP contribution in [0, 0.1) is 0 Å². The zero-order valence-electron chi connectivity index (χ0n) is 17.4. The molecular formula is C21H21F3N6O3. The standard InChI is InChI=1S/C21H21F3N6O3/c22-21(23,24)19-16(11-26-30(19)17-6-7-18(31)28-27-17)20(32)25-10-15-13-29(8-9-33-15)12-14-4-2-1-3-5-14/h1-7,11,15H,8-10,12-13H2,(H,25,32)(H,28,31)/t15-/m0/s1. The highest BCUT2D eigenvalue weighted by Crippen LogP contribution is 2.33. The molecule has 1 aromatic carbocycles. The smallest absolute Gasteiger partial charge is 0.374 e. The number of hydrogen-bond acceptors (Lipinski definition) is 6. The number of amides is 1. The molecule has 174 valence electrons. The number of aromatic amines is 1. The molecule has 2 N–H and O–H groups in total. The van der Waals surface area contributed by atoms with Crippen molar-refractivity contribution in [2.24, 2.45) is 0 Å². The zero-order valence-corrected chi connectivity index (χ0v) is 17.4. The third-order valence-corrected chi connectivity index (χ3v) is 5.13. The number of H-pyrrole nitrogens is 1.